The van der Waals surface area contributed by atoms with Gasteiger partial charge in [0.1, 0.15) is 12.4 Å². The maximum absolute atomic E-state index is 13.6. The molecule has 3 amide bonds. The van der Waals surface area contributed by atoms with Gasteiger partial charge in [0, 0.05) is 12.0 Å². The lowest BCUT2D eigenvalue weighted by Crippen LogP contribution is -2.47. The number of ether oxygens (including phenoxy) is 2. The summed E-state index contributed by atoms with van der Waals surface area (Å²) in [5.74, 6) is -0.141. The number of imide groups is 1. The van der Waals surface area contributed by atoms with Crippen LogP contribution in [-0.4, -0.2) is 36.6 Å². The Balaban J connectivity index is 1.51. The maximum Gasteiger partial charge on any atom is 0.325 e. The molecule has 2 aliphatic rings. The number of hydrogen-bond donors (Lipinski definition) is 1. The van der Waals surface area contributed by atoms with E-state index < -0.39 is 17.4 Å². The SMILES string of the molecule is O=C1NC2(CCOc3ccccc32)C(=O)N1CCOc1ccccc1F. The van der Waals surface area contributed by atoms with Crippen molar-refractivity contribution in [3.05, 3.63) is 59.9 Å². The quantitative estimate of drug-likeness (QED) is 0.855. The Labute approximate surface area is 149 Å². The number of amides is 3. The van der Waals surface area contributed by atoms with Crippen molar-refractivity contribution in [3.63, 3.8) is 0 Å². The van der Waals surface area contributed by atoms with E-state index in [1.54, 1.807) is 30.3 Å². The third-order valence-electron chi connectivity index (χ3n) is 4.67. The van der Waals surface area contributed by atoms with Gasteiger partial charge in [-0.05, 0) is 18.2 Å². The van der Waals surface area contributed by atoms with Crippen LogP contribution in [0, 0.1) is 5.82 Å². The summed E-state index contributed by atoms with van der Waals surface area (Å²) in [4.78, 5) is 26.5. The second-order valence-electron chi connectivity index (χ2n) is 6.17. The van der Waals surface area contributed by atoms with Crippen molar-refractivity contribution in [2.75, 3.05) is 19.8 Å². The summed E-state index contributed by atoms with van der Waals surface area (Å²) in [7, 11) is 0. The highest BCUT2D eigenvalue weighted by Crippen LogP contribution is 2.40. The molecule has 1 saturated heterocycles. The van der Waals surface area contributed by atoms with Crippen LogP contribution >= 0.6 is 0 Å². The van der Waals surface area contributed by atoms with Gasteiger partial charge in [-0.2, -0.15) is 0 Å². The summed E-state index contributed by atoms with van der Waals surface area (Å²) < 4.78 is 24.6. The summed E-state index contributed by atoms with van der Waals surface area (Å²) in [5, 5.41) is 2.81. The molecule has 1 N–H and O–H groups in total. The zero-order valence-electron chi connectivity index (χ0n) is 13.9. The Bertz CT molecular complexity index is 872. The van der Waals surface area contributed by atoms with Crippen LogP contribution in [0.25, 0.3) is 0 Å². The number of carbonyl (C=O) groups is 2. The lowest BCUT2D eigenvalue weighted by molar-refractivity contribution is -0.132. The molecule has 4 rings (SSSR count). The molecule has 0 saturated carbocycles. The molecule has 134 valence electrons. The van der Waals surface area contributed by atoms with Crippen LogP contribution in [-0.2, 0) is 10.3 Å². The first kappa shape index (κ1) is 16.4. The van der Waals surface area contributed by atoms with Crippen LogP contribution in [0.15, 0.2) is 48.5 Å². The number of para-hydroxylation sites is 2. The normalized spacial score (nSPS) is 21.3. The molecule has 1 spiro atoms. The topological polar surface area (TPSA) is 67.9 Å². The third kappa shape index (κ3) is 2.56. The Hall–Kier alpha value is -3.09. The molecule has 1 fully saturated rings. The Morgan fingerprint density at radius 2 is 1.92 bits per heavy atom. The lowest BCUT2D eigenvalue weighted by Gasteiger charge is -2.33. The van der Waals surface area contributed by atoms with Crippen LogP contribution < -0.4 is 14.8 Å². The van der Waals surface area contributed by atoms with Crippen molar-refractivity contribution < 1.29 is 23.5 Å². The van der Waals surface area contributed by atoms with E-state index >= 15 is 0 Å². The van der Waals surface area contributed by atoms with Gasteiger partial charge in [0.25, 0.3) is 5.91 Å². The van der Waals surface area contributed by atoms with Crippen molar-refractivity contribution in [2.24, 2.45) is 0 Å². The van der Waals surface area contributed by atoms with Gasteiger partial charge in [0.2, 0.25) is 0 Å². The van der Waals surface area contributed by atoms with E-state index in [9.17, 15) is 14.0 Å². The van der Waals surface area contributed by atoms with Crippen molar-refractivity contribution in [1.29, 1.82) is 0 Å². The highest BCUT2D eigenvalue weighted by atomic mass is 19.1. The molecule has 2 aromatic rings. The van der Waals surface area contributed by atoms with E-state index in [0.717, 1.165) is 4.90 Å². The predicted molar refractivity (Wildman–Crippen MR) is 90.4 cm³/mol. The minimum absolute atomic E-state index is 0.00825. The zero-order chi connectivity index (χ0) is 18.1. The van der Waals surface area contributed by atoms with E-state index in [2.05, 4.69) is 5.32 Å². The Morgan fingerprint density at radius 1 is 1.15 bits per heavy atom. The Morgan fingerprint density at radius 3 is 2.77 bits per heavy atom. The molecule has 2 aliphatic heterocycles. The fourth-order valence-corrected chi connectivity index (χ4v) is 3.38. The van der Waals surface area contributed by atoms with Crippen LogP contribution in [0.1, 0.15) is 12.0 Å². The van der Waals surface area contributed by atoms with E-state index in [-0.39, 0.29) is 24.8 Å². The lowest BCUT2D eigenvalue weighted by atomic mass is 9.84. The number of benzene rings is 2. The number of fused-ring (bicyclic) bond motifs is 2. The van der Waals surface area contributed by atoms with Gasteiger partial charge in [-0.25, -0.2) is 9.18 Å². The van der Waals surface area contributed by atoms with Crippen molar-refractivity contribution in [2.45, 2.75) is 12.0 Å². The first-order chi connectivity index (χ1) is 12.6. The standard InChI is InChI=1S/C19H17FN2O4/c20-14-6-2-4-8-16(14)26-12-10-22-17(23)19(21-18(22)24)9-11-25-15-7-3-1-5-13(15)19/h1-8H,9-12H2,(H,21,24). The van der Waals surface area contributed by atoms with Gasteiger partial charge >= 0.3 is 6.03 Å². The number of hydrogen-bond acceptors (Lipinski definition) is 4. The van der Waals surface area contributed by atoms with E-state index in [1.807, 2.05) is 6.07 Å². The van der Waals surface area contributed by atoms with Gasteiger partial charge in [0.05, 0.1) is 13.2 Å². The largest absolute Gasteiger partial charge is 0.493 e. The van der Waals surface area contributed by atoms with Crippen molar-refractivity contribution in [1.82, 2.24) is 10.2 Å². The van der Waals surface area contributed by atoms with E-state index in [1.165, 1.54) is 12.1 Å². The van der Waals surface area contributed by atoms with Crippen LogP contribution in [0.3, 0.4) is 0 Å². The molecule has 2 heterocycles. The van der Waals surface area contributed by atoms with Crippen LogP contribution in [0.2, 0.25) is 0 Å². The van der Waals surface area contributed by atoms with Crippen molar-refractivity contribution >= 4 is 11.9 Å². The number of urea groups is 1. The van der Waals surface area contributed by atoms with Crippen molar-refractivity contribution in [3.8, 4) is 11.5 Å². The molecule has 0 radical (unpaired) electrons. The smallest absolute Gasteiger partial charge is 0.325 e. The fourth-order valence-electron chi connectivity index (χ4n) is 3.38. The zero-order valence-corrected chi connectivity index (χ0v) is 13.9. The minimum atomic E-state index is -1.11. The number of nitrogens with zero attached hydrogens (tertiary/aromatic N) is 1. The second-order valence-corrected chi connectivity index (χ2v) is 6.17. The molecule has 1 atom stereocenters. The Kier molecular flexibility index (Phi) is 3.99. The summed E-state index contributed by atoms with van der Waals surface area (Å²) in [5.41, 5.74) is -0.452. The first-order valence-corrected chi connectivity index (χ1v) is 8.35. The van der Waals surface area contributed by atoms with Crippen LogP contribution in [0.4, 0.5) is 9.18 Å². The van der Waals surface area contributed by atoms with Gasteiger partial charge in [-0.3, -0.25) is 9.69 Å². The molecule has 26 heavy (non-hydrogen) atoms. The molecule has 2 aromatic carbocycles. The van der Waals surface area contributed by atoms with Crippen LogP contribution in [0.5, 0.6) is 11.5 Å². The van der Waals surface area contributed by atoms with E-state index in [4.69, 9.17) is 9.47 Å². The average molecular weight is 356 g/mol. The molecular formula is C19H17FN2O4. The maximum atomic E-state index is 13.6. The minimum Gasteiger partial charge on any atom is -0.493 e. The number of nitrogens with one attached hydrogen (secondary N) is 1. The summed E-state index contributed by atoms with van der Waals surface area (Å²) in [6.45, 7) is 0.376. The van der Waals surface area contributed by atoms with Gasteiger partial charge < -0.3 is 14.8 Å². The van der Waals surface area contributed by atoms with Gasteiger partial charge in [-0.15, -0.1) is 0 Å². The highest BCUT2D eigenvalue weighted by Gasteiger charge is 2.54. The summed E-state index contributed by atoms with van der Waals surface area (Å²) in [6, 6.07) is 12.7. The number of carbonyl (C=O) groups excluding carboxylic acids is 2. The molecule has 7 heteroatoms. The predicted octanol–water partition coefficient (Wildman–Crippen LogP) is 2.43. The molecule has 1 unspecified atom stereocenters. The first-order valence-electron chi connectivity index (χ1n) is 8.35. The monoisotopic (exact) mass is 356 g/mol. The highest BCUT2D eigenvalue weighted by molar-refractivity contribution is 6.07. The second kappa shape index (κ2) is 6.33. The molecule has 6 nitrogen and oxygen atoms in total. The average Bonchev–Trinajstić information content (AvgIpc) is 2.88. The van der Waals surface area contributed by atoms with E-state index in [0.29, 0.717) is 24.3 Å². The number of rotatable bonds is 4. The molecule has 0 aliphatic carbocycles. The molecule has 0 bridgehead atoms. The molecular weight excluding hydrogens is 339 g/mol. The van der Waals surface area contributed by atoms with Gasteiger partial charge in [-0.1, -0.05) is 30.3 Å². The fraction of sp³-hybridized carbons (Fsp3) is 0.263. The van der Waals surface area contributed by atoms with Gasteiger partial charge in [0.15, 0.2) is 17.1 Å². The number of halogens is 1. The third-order valence-corrected chi connectivity index (χ3v) is 4.67. The summed E-state index contributed by atoms with van der Waals surface area (Å²) in [6.07, 6.45) is 0.360. The summed E-state index contributed by atoms with van der Waals surface area (Å²) >= 11 is 0. The molecule has 0 aromatic heterocycles.